The Labute approximate surface area is 276 Å². The van der Waals surface area contributed by atoms with E-state index in [1.165, 1.54) is 12.3 Å². The Morgan fingerprint density at radius 1 is 1.13 bits per heavy atom. The summed E-state index contributed by atoms with van der Waals surface area (Å²) in [6.07, 6.45) is 5.54. The third-order valence-electron chi connectivity index (χ3n) is 10.1. The quantitative estimate of drug-likeness (QED) is 0.231. The van der Waals surface area contributed by atoms with Gasteiger partial charge >= 0.3 is 0 Å². The molecule has 0 bridgehead atoms. The van der Waals surface area contributed by atoms with Crippen LogP contribution in [-0.2, 0) is 14.3 Å². The number of carbonyl (C=O) groups excluding carboxylic acids is 1. The van der Waals surface area contributed by atoms with Crippen molar-refractivity contribution in [2.24, 2.45) is 5.41 Å². The number of anilines is 2. The Kier molecular flexibility index (Phi) is 10.2. The summed E-state index contributed by atoms with van der Waals surface area (Å²) < 4.78 is 12.0. The maximum Gasteiger partial charge on any atom is 0.245 e. The van der Waals surface area contributed by atoms with Gasteiger partial charge in [0, 0.05) is 72.4 Å². The van der Waals surface area contributed by atoms with Crippen LogP contribution in [-0.4, -0.2) is 103 Å². The van der Waals surface area contributed by atoms with E-state index in [-0.39, 0.29) is 22.9 Å². The summed E-state index contributed by atoms with van der Waals surface area (Å²) >= 11 is 13.4. The normalized spacial score (nSPS) is 23.2. The van der Waals surface area contributed by atoms with Crippen LogP contribution in [0.1, 0.15) is 57.3 Å². The molecular weight excluding hydrogens is 613 g/mol. The predicted octanol–water partition coefficient (Wildman–Crippen LogP) is 5.44. The molecule has 3 N–H and O–H groups in total. The molecule has 1 aromatic heterocycles. The molecule has 2 aromatic rings. The van der Waals surface area contributed by atoms with E-state index >= 15 is 0 Å². The van der Waals surface area contributed by atoms with E-state index in [1.54, 1.807) is 6.07 Å². The zero-order chi connectivity index (χ0) is 32.5. The fourth-order valence-corrected chi connectivity index (χ4v) is 7.81. The Morgan fingerprint density at radius 3 is 2.31 bits per heavy atom. The molecule has 0 unspecified atom stereocenters. The SMILES string of the molecule is C1COCCO1.C=CC(=O)N1CC2(CC(n3nc(N4CCN(CC)C[C@]4(C)CC)c(-c4c(Cl)c(Cl)cc(N)c4C=N)c3C)C2)C1. The van der Waals surface area contributed by atoms with E-state index in [1.807, 2.05) is 4.90 Å². The van der Waals surface area contributed by atoms with Crippen LogP contribution in [0.2, 0.25) is 10.0 Å². The van der Waals surface area contributed by atoms with Gasteiger partial charge in [-0.1, -0.05) is 43.6 Å². The standard InChI is InChI=1S/C29H39Cl2N7O.C4H8O2/c1-6-23(39)36-16-29(17-36)12-19(13-29)38-18(4)24(25-20(14-32)22(33)11-21(30)26(25)31)27(34-38)37-10-9-35(8-3)15-28(37,5)7-2;1-2-6-4-3-5-1/h6,11,14,19,32H,1,7-10,12-13,15-17,33H2,2-5H3;1-4H2/t28-;/m0./s1. The van der Waals surface area contributed by atoms with Crippen molar-refractivity contribution < 1.29 is 14.3 Å². The van der Waals surface area contributed by atoms with E-state index in [4.69, 9.17) is 48.9 Å². The molecule has 246 valence electrons. The molecule has 12 heteroatoms. The minimum absolute atomic E-state index is 0.00125. The van der Waals surface area contributed by atoms with Crippen molar-refractivity contribution >= 4 is 46.8 Å². The number of benzene rings is 1. The molecule has 1 saturated carbocycles. The van der Waals surface area contributed by atoms with Gasteiger partial charge in [0.05, 0.1) is 48.1 Å². The summed E-state index contributed by atoms with van der Waals surface area (Å²) in [5, 5.41) is 14.3. The van der Waals surface area contributed by atoms with Crippen molar-refractivity contribution in [3.8, 4) is 11.1 Å². The average molecular weight is 661 g/mol. The molecule has 1 spiro atoms. The molecule has 4 heterocycles. The lowest BCUT2D eigenvalue weighted by Crippen LogP contribution is -2.63. The number of nitrogens with one attached hydrogen (secondary N) is 1. The van der Waals surface area contributed by atoms with Crippen molar-refractivity contribution in [1.82, 2.24) is 19.6 Å². The van der Waals surface area contributed by atoms with E-state index in [9.17, 15) is 4.79 Å². The fourth-order valence-electron chi connectivity index (χ4n) is 7.35. The number of halogens is 2. The van der Waals surface area contributed by atoms with Crippen LogP contribution in [0.5, 0.6) is 0 Å². The molecule has 1 amide bonds. The molecule has 4 aliphatic rings. The Bertz CT molecular complexity index is 1420. The molecule has 0 radical (unpaired) electrons. The fraction of sp³-hybridized carbons (Fsp3) is 0.606. The third kappa shape index (κ3) is 6.37. The first kappa shape index (κ1) is 33.7. The highest BCUT2D eigenvalue weighted by molar-refractivity contribution is 6.44. The molecule has 6 rings (SSSR count). The van der Waals surface area contributed by atoms with E-state index in [2.05, 4.69) is 48.8 Å². The van der Waals surface area contributed by atoms with Crippen LogP contribution < -0.4 is 10.6 Å². The van der Waals surface area contributed by atoms with Crippen molar-refractivity contribution in [1.29, 1.82) is 5.41 Å². The zero-order valence-electron chi connectivity index (χ0n) is 27.0. The first-order chi connectivity index (χ1) is 21.5. The van der Waals surface area contributed by atoms with Gasteiger partial charge < -0.3 is 30.4 Å². The summed E-state index contributed by atoms with van der Waals surface area (Å²) in [6.45, 7) is 20.8. The van der Waals surface area contributed by atoms with Crippen LogP contribution in [0.25, 0.3) is 11.1 Å². The van der Waals surface area contributed by atoms with Crippen LogP contribution in [0, 0.1) is 17.7 Å². The van der Waals surface area contributed by atoms with Crippen molar-refractivity contribution in [3.63, 3.8) is 0 Å². The number of hydrogen-bond donors (Lipinski definition) is 2. The van der Waals surface area contributed by atoms with Gasteiger partial charge in [0.1, 0.15) is 0 Å². The zero-order valence-corrected chi connectivity index (χ0v) is 28.5. The number of ether oxygens (including phenoxy) is 2. The Morgan fingerprint density at radius 2 is 1.78 bits per heavy atom. The second kappa shape index (κ2) is 13.6. The van der Waals surface area contributed by atoms with Crippen molar-refractivity contribution in [3.05, 3.63) is 40.0 Å². The maximum absolute atomic E-state index is 12.0. The van der Waals surface area contributed by atoms with Gasteiger partial charge in [-0.05, 0) is 51.8 Å². The largest absolute Gasteiger partial charge is 0.398 e. The smallest absolute Gasteiger partial charge is 0.245 e. The number of aromatic nitrogens is 2. The first-order valence-corrected chi connectivity index (χ1v) is 16.7. The molecule has 10 nitrogen and oxygen atoms in total. The number of carbonyl (C=O) groups is 1. The number of rotatable bonds is 7. The Hall–Kier alpha value is -2.63. The number of hydrogen-bond acceptors (Lipinski definition) is 8. The maximum atomic E-state index is 12.0. The molecule has 3 aliphatic heterocycles. The number of amides is 1. The number of nitrogen functional groups attached to an aromatic ring is 1. The molecule has 1 aromatic carbocycles. The van der Waals surface area contributed by atoms with Crippen LogP contribution in [0.15, 0.2) is 18.7 Å². The van der Waals surface area contributed by atoms with Crippen molar-refractivity contribution in [2.45, 2.75) is 58.5 Å². The number of likely N-dealkylation sites (N-methyl/N-ethyl adjacent to an activating group) is 1. The highest BCUT2D eigenvalue weighted by Crippen LogP contribution is 2.56. The second-order valence-corrected chi connectivity index (χ2v) is 13.8. The van der Waals surface area contributed by atoms with Crippen molar-refractivity contribution in [2.75, 3.05) is 76.3 Å². The summed E-state index contributed by atoms with van der Waals surface area (Å²) in [4.78, 5) is 18.8. The summed E-state index contributed by atoms with van der Waals surface area (Å²) in [5.74, 6) is 0.874. The van der Waals surface area contributed by atoms with Gasteiger partial charge in [-0.3, -0.25) is 14.4 Å². The topological polar surface area (TPSA) is 113 Å². The number of piperazine rings is 1. The van der Waals surface area contributed by atoms with Gasteiger partial charge in [0.25, 0.3) is 0 Å². The lowest BCUT2D eigenvalue weighted by molar-refractivity contribution is -0.149. The summed E-state index contributed by atoms with van der Waals surface area (Å²) in [7, 11) is 0. The minimum atomic E-state index is -0.129. The number of likely N-dealkylation sites (tertiary alicyclic amines) is 1. The van der Waals surface area contributed by atoms with Gasteiger partial charge in [-0.2, -0.15) is 5.10 Å². The number of nitrogens with zero attached hydrogens (tertiary/aromatic N) is 5. The molecular formula is C33H47Cl2N7O3. The third-order valence-corrected chi connectivity index (χ3v) is 10.9. The monoisotopic (exact) mass is 659 g/mol. The lowest BCUT2D eigenvalue weighted by atomic mass is 9.60. The molecule has 3 saturated heterocycles. The molecule has 4 fully saturated rings. The number of nitrogens with two attached hydrogens (primary N) is 1. The van der Waals surface area contributed by atoms with Gasteiger partial charge in [-0.25, -0.2) is 0 Å². The second-order valence-electron chi connectivity index (χ2n) is 13.0. The van der Waals surface area contributed by atoms with E-state index < -0.39 is 0 Å². The van der Waals surface area contributed by atoms with Crippen LogP contribution >= 0.6 is 23.2 Å². The minimum Gasteiger partial charge on any atom is -0.398 e. The highest BCUT2D eigenvalue weighted by atomic mass is 35.5. The van der Waals surface area contributed by atoms with Crippen LogP contribution in [0.3, 0.4) is 0 Å². The first-order valence-electron chi connectivity index (χ1n) is 16.0. The molecule has 1 aliphatic carbocycles. The molecule has 1 atom stereocenters. The predicted molar refractivity (Wildman–Crippen MR) is 182 cm³/mol. The van der Waals surface area contributed by atoms with E-state index in [0.29, 0.717) is 26.9 Å². The van der Waals surface area contributed by atoms with Gasteiger partial charge in [0.2, 0.25) is 5.91 Å². The highest BCUT2D eigenvalue weighted by Gasteiger charge is 2.54. The van der Waals surface area contributed by atoms with Gasteiger partial charge in [-0.15, -0.1) is 0 Å². The Balaban J connectivity index is 0.000000598. The summed E-state index contributed by atoms with van der Waals surface area (Å²) in [5.41, 5.74) is 9.94. The van der Waals surface area contributed by atoms with Gasteiger partial charge in [0.15, 0.2) is 5.82 Å². The lowest BCUT2D eigenvalue weighted by Gasteiger charge is -2.58. The van der Waals surface area contributed by atoms with Crippen LogP contribution in [0.4, 0.5) is 11.5 Å². The van der Waals surface area contributed by atoms with E-state index in [0.717, 1.165) is 102 Å². The molecule has 45 heavy (non-hydrogen) atoms. The average Bonchev–Trinajstić information content (AvgIpc) is 3.33. The summed E-state index contributed by atoms with van der Waals surface area (Å²) in [6, 6.07) is 1.84.